The Hall–Kier alpha value is -1.65. The fourth-order valence-electron chi connectivity index (χ4n) is 1.62. The van der Waals surface area contributed by atoms with Crippen molar-refractivity contribution in [3.05, 3.63) is 48.0 Å². The number of benzene rings is 1. The molecule has 1 aromatic heterocycles. The lowest BCUT2D eigenvalue weighted by molar-refractivity contribution is 0.184. The summed E-state index contributed by atoms with van der Waals surface area (Å²) in [4.78, 5) is 0. The molecule has 0 saturated carbocycles. The maximum absolute atomic E-state index is 12.8. The van der Waals surface area contributed by atoms with Gasteiger partial charge in [-0.05, 0) is 50.2 Å². The van der Waals surface area contributed by atoms with Crippen molar-refractivity contribution in [3.63, 3.8) is 0 Å². The Kier molecular flexibility index (Phi) is 4.02. The first-order chi connectivity index (χ1) is 9.00. The van der Waals surface area contributed by atoms with Gasteiger partial charge < -0.3 is 14.8 Å². The van der Waals surface area contributed by atoms with E-state index in [-0.39, 0.29) is 18.0 Å². The monoisotopic (exact) mass is 263 g/mol. The zero-order chi connectivity index (χ0) is 13.9. The second-order valence-electron chi connectivity index (χ2n) is 5.17. The predicted octanol–water partition coefficient (Wildman–Crippen LogP) is 2.95. The van der Waals surface area contributed by atoms with Crippen LogP contribution in [-0.2, 0) is 6.54 Å². The Labute approximate surface area is 112 Å². The van der Waals surface area contributed by atoms with Crippen LogP contribution in [0.1, 0.15) is 19.6 Å². The molecule has 2 N–H and O–H groups in total. The maximum Gasteiger partial charge on any atom is 0.134 e. The van der Waals surface area contributed by atoms with Crippen LogP contribution in [0.4, 0.5) is 4.39 Å². The van der Waals surface area contributed by atoms with Crippen molar-refractivity contribution in [1.29, 1.82) is 0 Å². The van der Waals surface area contributed by atoms with Crippen LogP contribution in [0.2, 0.25) is 0 Å². The standard InChI is InChI=1S/C15H18FNO2/c1-15(2,10-18)17-9-13-7-8-14(19-13)11-3-5-12(16)6-4-11/h3-8,17-18H,9-10H2,1-2H3. The van der Waals surface area contributed by atoms with Gasteiger partial charge >= 0.3 is 0 Å². The highest BCUT2D eigenvalue weighted by Crippen LogP contribution is 2.22. The Morgan fingerprint density at radius 2 is 1.84 bits per heavy atom. The number of halogens is 1. The van der Waals surface area contributed by atoms with Crippen LogP contribution in [0.5, 0.6) is 0 Å². The first-order valence-electron chi connectivity index (χ1n) is 6.21. The molecule has 0 saturated heterocycles. The Bertz CT molecular complexity index is 531. The molecule has 4 heteroatoms. The fraction of sp³-hybridized carbons (Fsp3) is 0.333. The maximum atomic E-state index is 12.8. The molecule has 0 unspecified atom stereocenters. The molecule has 0 aliphatic carbocycles. The molecular formula is C15H18FNO2. The topological polar surface area (TPSA) is 45.4 Å². The van der Waals surface area contributed by atoms with E-state index in [1.54, 1.807) is 12.1 Å². The lowest BCUT2D eigenvalue weighted by Gasteiger charge is -2.22. The van der Waals surface area contributed by atoms with E-state index in [0.717, 1.165) is 11.3 Å². The van der Waals surface area contributed by atoms with Crippen LogP contribution < -0.4 is 5.32 Å². The molecule has 0 bridgehead atoms. The summed E-state index contributed by atoms with van der Waals surface area (Å²) in [6.07, 6.45) is 0. The van der Waals surface area contributed by atoms with Crippen molar-refractivity contribution in [3.8, 4) is 11.3 Å². The third kappa shape index (κ3) is 3.66. The molecule has 0 aliphatic rings. The van der Waals surface area contributed by atoms with E-state index in [4.69, 9.17) is 9.52 Å². The lowest BCUT2D eigenvalue weighted by atomic mass is 10.1. The van der Waals surface area contributed by atoms with Crippen molar-refractivity contribution in [2.75, 3.05) is 6.61 Å². The van der Waals surface area contributed by atoms with Crippen LogP contribution in [0.15, 0.2) is 40.8 Å². The minimum Gasteiger partial charge on any atom is -0.460 e. The van der Waals surface area contributed by atoms with Crippen LogP contribution in [0.25, 0.3) is 11.3 Å². The largest absolute Gasteiger partial charge is 0.460 e. The van der Waals surface area contributed by atoms with Gasteiger partial charge in [0.15, 0.2) is 0 Å². The molecular weight excluding hydrogens is 245 g/mol. The van der Waals surface area contributed by atoms with Crippen LogP contribution in [0.3, 0.4) is 0 Å². The highest BCUT2D eigenvalue weighted by atomic mass is 19.1. The van der Waals surface area contributed by atoms with Gasteiger partial charge in [-0.2, -0.15) is 0 Å². The average molecular weight is 263 g/mol. The van der Waals surface area contributed by atoms with Crippen molar-refractivity contribution in [1.82, 2.24) is 5.32 Å². The second kappa shape index (κ2) is 5.55. The summed E-state index contributed by atoms with van der Waals surface area (Å²) >= 11 is 0. The fourth-order valence-corrected chi connectivity index (χ4v) is 1.62. The van der Waals surface area contributed by atoms with E-state index in [9.17, 15) is 4.39 Å². The van der Waals surface area contributed by atoms with E-state index in [1.165, 1.54) is 12.1 Å². The van der Waals surface area contributed by atoms with Crippen LogP contribution in [0, 0.1) is 5.82 Å². The summed E-state index contributed by atoms with van der Waals surface area (Å²) in [6.45, 7) is 4.42. The van der Waals surface area contributed by atoms with Gasteiger partial charge in [0.25, 0.3) is 0 Å². The lowest BCUT2D eigenvalue weighted by Crippen LogP contribution is -2.41. The van der Waals surface area contributed by atoms with Crippen molar-refractivity contribution in [2.24, 2.45) is 0 Å². The van der Waals surface area contributed by atoms with Gasteiger partial charge in [-0.25, -0.2) is 4.39 Å². The van der Waals surface area contributed by atoms with E-state index in [0.29, 0.717) is 12.3 Å². The van der Waals surface area contributed by atoms with Crippen LogP contribution >= 0.6 is 0 Å². The molecule has 0 spiro atoms. The third-order valence-corrected chi connectivity index (χ3v) is 2.93. The first kappa shape index (κ1) is 13.8. The minimum atomic E-state index is -0.344. The smallest absolute Gasteiger partial charge is 0.134 e. The Balaban J connectivity index is 2.05. The molecule has 1 aromatic carbocycles. The van der Waals surface area contributed by atoms with Crippen molar-refractivity contribution >= 4 is 0 Å². The second-order valence-corrected chi connectivity index (χ2v) is 5.17. The van der Waals surface area contributed by atoms with Crippen LogP contribution in [-0.4, -0.2) is 17.3 Å². The average Bonchev–Trinajstić information content (AvgIpc) is 2.86. The summed E-state index contributed by atoms with van der Waals surface area (Å²) in [5.74, 6) is 1.22. The number of hydrogen-bond donors (Lipinski definition) is 2. The minimum absolute atomic E-state index is 0.0541. The normalized spacial score (nSPS) is 11.8. The number of rotatable bonds is 5. The summed E-state index contributed by atoms with van der Waals surface area (Å²) < 4.78 is 18.5. The van der Waals surface area contributed by atoms with Gasteiger partial charge in [0.05, 0.1) is 13.2 Å². The molecule has 3 nitrogen and oxygen atoms in total. The van der Waals surface area contributed by atoms with E-state index >= 15 is 0 Å². The van der Waals surface area contributed by atoms with Gasteiger partial charge in [-0.1, -0.05) is 0 Å². The molecule has 1 heterocycles. The van der Waals surface area contributed by atoms with Gasteiger partial charge in [-0.15, -0.1) is 0 Å². The summed E-state index contributed by atoms with van der Waals surface area (Å²) in [7, 11) is 0. The molecule has 0 radical (unpaired) electrons. The Morgan fingerprint density at radius 3 is 2.47 bits per heavy atom. The van der Waals surface area contributed by atoms with Gasteiger partial charge in [-0.3, -0.25) is 0 Å². The number of hydrogen-bond acceptors (Lipinski definition) is 3. The van der Waals surface area contributed by atoms with E-state index < -0.39 is 0 Å². The van der Waals surface area contributed by atoms with Gasteiger partial charge in [0.1, 0.15) is 17.3 Å². The quantitative estimate of drug-likeness (QED) is 0.871. The molecule has 2 rings (SSSR count). The van der Waals surface area contributed by atoms with Gasteiger partial charge in [0.2, 0.25) is 0 Å². The third-order valence-electron chi connectivity index (χ3n) is 2.93. The zero-order valence-electron chi connectivity index (χ0n) is 11.1. The SMILES string of the molecule is CC(C)(CO)NCc1ccc(-c2ccc(F)cc2)o1. The number of nitrogens with one attached hydrogen (secondary N) is 1. The molecule has 0 atom stereocenters. The predicted molar refractivity (Wildman–Crippen MR) is 72.1 cm³/mol. The van der Waals surface area contributed by atoms with E-state index in [2.05, 4.69) is 5.32 Å². The van der Waals surface area contributed by atoms with Crippen molar-refractivity contribution < 1.29 is 13.9 Å². The molecule has 2 aromatic rings. The summed E-state index contributed by atoms with van der Waals surface area (Å²) in [5, 5.41) is 12.3. The summed E-state index contributed by atoms with van der Waals surface area (Å²) in [6, 6.07) is 9.91. The molecule has 19 heavy (non-hydrogen) atoms. The highest BCUT2D eigenvalue weighted by molar-refractivity contribution is 5.57. The first-order valence-corrected chi connectivity index (χ1v) is 6.21. The Morgan fingerprint density at radius 1 is 1.16 bits per heavy atom. The number of aliphatic hydroxyl groups excluding tert-OH is 1. The molecule has 0 fully saturated rings. The van der Waals surface area contributed by atoms with E-state index in [1.807, 2.05) is 26.0 Å². The molecule has 0 amide bonds. The highest BCUT2D eigenvalue weighted by Gasteiger charge is 2.16. The molecule has 102 valence electrons. The number of aliphatic hydroxyl groups is 1. The summed E-state index contributed by atoms with van der Waals surface area (Å²) in [5.41, 5.74) is 0.497. The molecule has 0 aliphatic heterocycles. The zero-order valence-corrected chi connectivity index (χ0v) is 11.1. The number of furan rings is 1. The van der Waals surface area contributed by atoms with Gasteiger partial charge in [0, 0.05) is 11.1 Å². The van der Waals surface area contributed by atoms with Crippen molar-refractivity contribution in [2.45, 2.75) is 25.9 Å².